The van der Waals surface area contributed by atoms with E-state index < -0.39 is 0 Å². The van der Waals surface area contributed by atoms with Crippen molar-refractivity contribution in [2.75, 3.05) is 14.1 Å². The Morgan fingerprint density at radius 1 is 1.05 bits per heavy atom. The van der Waals surface area contributed by atoms with Crippen molar-refractivity contribution in [3.05, 3.63) is 63.7 Å². The van der Waals surface area contributed by atoms with E-state index in [0.717, 1.165) is 9.26 Å². The van der Waals surface area contributed by atoms with E-state index in [0.29, 0.717) is 11.4 Å². The number of hydrogen-bond donors (Lipinski definition) is 0. The number of amidine groups is 1. The first-order chi connectivity index (χ1) is 9.58. The van der Waals surface area contributed by atoms with Crippen molar-refractivity contribution in [3.63, 3.8) is 0 Å². The monoisotopic (exact) mass is 378 g/mol. The van der Waals surface area contributed by atoms with Crippen LogP contribution in [0.1, 0.15) is 10.4 Å². The molecule has 2 aromatic rings. The van der Waals surface area contributed by atoms with Crippen molar-refractivity contribution in [2.45, 2.75) is 0 Å². The number of carbonyl (C=O) groups excluding carboxylic acids is 1. The molecule has 0 fully saturated rings. The summed E-state index contributed by atoms with van der Waals surface area (Å²) in [6, 6.07) is 17.0. The molecule has 0 aliphatic heterocycles. The zero-order chi connectivity index (χ0) is 14.5. The molecule has 2 rings (SSSR count). The van der Waals surface area contributed by atoms with Gasteiger partial charge in [0.25, 0.3) is 0 Å². The van der Waals surface area contributed by atoms with E-state index in [9.17, 15) is 4.79 Å². The van der Waals surface area contributed by atoms with E-state index in [-0.39, 0.29) is 5.78 Å². The molecular weight excluding hydrogens is 363 g/mol. The van der Waals surface area contributed by atoms with Crippen molar-refractivity contribution in [1.82, 2.24) is 4.90 Å². The van der Waals surface area contributed by atoms with Gasteiger partial charge in [0.05, 0.1) is 5.69 Å². The first-order valence-corrected chi connectivity index (χ1v) is 7.27. The van der Waals surface area contributed by atoms with Gasteiger partial charge < -0.3 is 4.90 Å². The van der Waals surface area contributed by atoms with Gasteiger partial charge in [-0.3, -0.25) is 4.79 Å². The number of likely N-dealkylation sites (N-methyl/N-ethyl adjacent to an activating group) is 1. The Bertz CT molecular complexity index is 636. The molecule has 0 radical (unpaired) electrons. The van der Waals surface area contributed by atoms with Gasteiger partial charge in [-0.25, -0.2) is 4.99 Å². The smallest absolute Gasteiger partial charge is 0.228 e. The molecule has 0 aliphatic carbocycles. The summed E-state index contributed by atoms with van der Waals surface area (Å²) in [5.41, 5.74) is 1.43. The largest absolute Gasteiger partial charge is 0.359 e. The first kappa shape index (κ1) is 14.7. The minimum Gasteiger partial charge on any atom is -0.359 e. The summed E-state index contributed by atoms with van der Waals surface area (Å²) >= 11 is 2.23. The number of benzene rings is 2. The summed E-state index contributed by atoms with van der Waals surface area (Å²) in [6.45, 7) is 0. The molecule has 2 aromatic carbocycles. The number of aliphatic imine (C=N–C) groups is 1. The second-order valence-electron chi connectivity index (χ2n) is 4.50. The third-order valence-corrected chi connectivity index (χ3v) is 3.38. The highest BCUT2D eigenvalue weighted by molar-refractivity contribution is 14.1. The number of carbonyl (C=O) groups is 1. The molecule has 0 bridgehead atoms. The summed E-state index contributed by atoms with van der Waals surface area (Å²) < 4.78 is 1.09. The number of nitrogens with zero attached hydrogens (tertiary/aromatic N) is 2. The van der Waals surface area contributed by atoms with Crippen LogP contribution < -0.4 is 0 Å². The molecule has 0 amide bonds. The lowest BCUT2D eigenvalue weighted by Gasteiger charge is -2.14. The molecule has 4 heteroatoms. The van der Waals surface area contributed by atoms with Crippen LogP contribution >= 0.6 is 22.6 Å². The Kier molecular flexibility index (Phi) is 4.89. The lowest BCUT2D eigenvalue weighted by atomic mass is 10.1. The molecule has 0 heterocycles. The van der Waals surface area contributed by atoms with E-state index in [1.165, 1.54) is 0 Å². The zero-order valence-electron chi connectivity index (χ0n) is 11.4. The summed E-state index contributed by atoms with van der Waals surface area (Å²) in [7, 11) is 3.65. The molecule has 0 atom stereocenters. The quantitative estimate of drug-likeness (QED) is 0.353. The van der Waals surface area contributed by atoms with Gasteiger partial charge in [-0.05, 0) is 40.8 Å². The summed E-state index contributed by atoms with van der Waals surface area (Å²) in [6.07, 6.45) is 0. The average molecular weight is 378 g/mol. The lowest BCUT2D eigenvalue weighted by molar-refractivity contribution is 0.105. The van der Waals surface area contributed by atoms with Crippen molar-refractivity contribution in [2.24, 2.45) is 4.99 Å². The molecule has 0 saturated carbocycles. The molecule has 20 heavy (non-hydrogen) atoms. The van der Waals surface area contributed by atoms with Crippen LogP contribution in [0.25, 0.3) is 0 Å². The van der Waals surface area contributed by atoms with Gasteiger partial charge in [0.1, 0.15) is 0 Å². The minimum atomic E-state index is -0.0746. The maximum absolute atomic E-state index is 12.5. The van der Waals surface area contributed by atoms with E-state index in [1.54, 1.807) is 17.0 Å². The third-order valence-electron chi connectivity index (χ3n) is 2.71. The van der Waals surface area contributed by atoms with E-state index in [1.807, 2.05) is 56.6 Å². The lowest BCUT2D eigenvalue weighted by Crippen LogP contribution is -2.30. The fraction of sp³-hybridized carbons (Fsp3) is 0.125. The number of halogens is 1. The SMILES string of the molecule is CN(C)C(=Nc1cccc(I)c1)C(=O)c1ccccc1. The van der Waals surface area contributed by atoms with Crippen LogP contribution in [-0.2, 0) is 0 Å². The average Bonchev–Trinajstić information content (AvgIpc) is 2.45. The van der Waals surface area contributed by atoms with Gasteiger partial charge in [-0.1, -0.05) is 36.4 Å². The third kappa shape index (κ3) is 3.66. The molecule has 0 saturated heterocycles. The van der Waals surface area contributed by atoms with Crippen molar-refractivity contribution < 1.29 is 4.79 Å². The van der Waals surface area contributed by atoms with E-state index in [2.05, 4.69) is 27.6 Å². The second-order valence-corrected chi connectivity index (χ2v) is 5.75. The van der Waals surface area contributed by atoms with Gasteiger partial charge in [-0.2, -0.15) is 0 Å². The number of rotatable bonds is 3. The Balaban J connectivity index is 2.39. The van der Waals surface area contributed by atoms with Crippen LogP contribution in [0.15, 0.2) is 59.6 Å². The molecule has 0 aromatic heterocycles. The Morgan fingerprint density at radius 3 is 2.35 bits per heavy atom. The number of hydrogen-bond acceptors (Lipinski definition) is 2. The van der Waals surface area contributed by atoms with Gasteiger partial charge in [0.2, 0.25) is 5.78 Å². The summed E-state index contributed by atoms with van der Waals surface area (Å²) in [4.78, 5) is 18.7. The van der Waals surface area contributed by atoms with Crippen LogP contribution in [0.4, 0.5) is 5.69 Å². The standard InChI is InChI=1S/C16H15IN2O/c1-19(2)16(15(20)12-7-4-3-5-8-12)18-14-10-6-9-13(17)11-14/h3-11H,1-2H3. The van der Waals surface area contributed by atoms with E-state index in [4.69, 9.17) is 0 Å². The number of Topliss-reactive ketones (excluding diaryl/α,β-unsaturated/α-hetero) is 1. The molecule has 0 N–H and O–H groups in total. The molecule has 102 valence electrons. The van der Waals surface area contributed by atoms with Gasteiger partial charge >= 0.3 is 0 Å². The van der Waals surface area contributed by atoms with Crippen LogP contribution in [0, 0.1) is 3.57 Å². The highest BCUT2D eigenvalue weighted by Crippen LogP contribution is 2.17. The summed E-state index contributed by atoms with van der Waals surface area (Å²) in [5.74, 6) is 0.354. The molecule has 3 nitrogen and oxygen atoms in total. The highest BCUT2D eigenvalue weighted by Gasteiger charge is 2.15. The fourth-order valence-corrected chi connectivity index (χ4v) is 2.27. The highest BCUT2D eigenvalue weighted by atomic mass is 127. The summed E-state index contributed by atoms with van der Waals surface area (Å²) in [5, 5.41) is 0. The van der Waals surface area contributed by atoms with Crippen LogP contribution in [0.5, 0.6) is 0 Å². The Labute approximate surface area is 132 Å². The van der Waals surface area contributed by atoms with Crippen LogP contribution in [-0.4, -0.2) is 30.6 Å². The topological polar surface area (TPSA) is 32.7 Å². The zero-order valence-corrected chi connectivity index (χ0v) is 13.5. The van der Waals surface area contributed by atoms with E-state index >= 15 is 0 Å². The predicted octanol–water partition coefficient (Wildman–Crippen LogP) is 3.77. The maximum Gasteiger partial charge on any atom is 0.228 e. The molecular formula is C16H15IN2O. The fourth-order valence-electron chi connectivity index (χ4n) is 1.74. The van der Waals surface area contributed by atoms with Crippen molar-refractivity contribution in [1.29, 1.82) is 0 Å². The molecule has 0 aliphatic rings. The first-order valence-electron chi connectivity index (χ1n) is 6.19. The minimum absolute atomic E-state index is 0.0746. The van der Waals surface area contributed by atoms with Gasteiger partial charge in [0, 0.05) is 23.2 Å². The molecule has 0 unspecified atom stereocenters. The van der Waals surface area contributed by atoms with Crippen LogP contribution in [0.3, 0.4) is 0 Å². The molecule has 0 spiro atoms. The normalized spacial score (nSPS) is 11.2. The van der Waals surface area contributed by atoms with Gasteiger partial charge in [0.15, 0.2) is 5.84 Å². The van der Waals surface area contributed by atoms with Gasteiger partial charge in [-0.15, -0.1) is 0 Å². The second kappa shape index (κ2) is 6.65. The van der Waals surface area contributed by atoms with Crippen LogP contribution in [0.2, 0.25) is 0 Å². The Hall–Kier alpha value is -1.69. The number of ketones is 1. The maximum atomic E-state index is 12.5. The van der Waals surface area contributed by atoms with Crippen molar-refractivity contribution >= 4 is 39.9 Å². The van der Waals surface area contributed by atoms with Crippen molar-refractivity contribution in [3.8, 4) is 0 Å². The predicted molar refractivity (Wildman–Crippen MR) is 90.7 cm³/mol. The Morgan fingerprint density at radius 2 is 1.75 bits per heavy atom.